The summed E-state index contributed by atoms with van der Waals surface area (Å²) in [6, 6.07) is 0. The van der Waals surface area contributed by atoms with Gasteiger partial charge in [0.2, 0.25) is 0 Å². The summed E-state index contributed by atoms with van der Waals surface area (Å²) in [4.78, 5) is 5.83. The van der Waals surface area contributed by atoms with Gasteiger partial charge in [0.05, 0.1) is 6.34 Å². The van der Waals surface area contributed by atoms with E-state index >= 15 is 0 Å². The Kier molecular flexibility index (Phi) is 5.77. The van der Waals surface area contributed by atoms with Crippen molar-refractivity contribution in [2.45, 2.75) is 6.42 Å². The van der Waals surface area contributed by atoms with Gasteiger partial charge in [-0.1, -0.05) is 6.58 Å². The molecule has 0 saturated heterocycles. The zero-order valence-corrected chi connectivity index (χ0v) is 6.45. The van der Waals surface area contributed by atoms with E-state index in [4.69, 9.17) is 5.73 Å². The topological polar surface area (TPSA) is 41.6 Å². The van der Waals surface area contributed by atoms with Crippen molar-refractivity contribution in [2.24, 2.45) is 10.7 Å². The molecule has 10 heavy (non-hydrogen) atoms. The van der Waals surface area contributed by atoms with Crippen molar-refractivity contribution >= 4 is 6.34 Å². The maximum Gasteiger partial charge on any atom is 0.0902 e. The fourth-order valence-corrected chi connectivity index (χ4v) is 0.559. The molecule has 0 amide bonds. The molecule has 0 fully saturated rings. The predicted molar refractivity (Wildman–Crippen MR) is 45.0 cm³/mol. The third kappa shape index (κ3) is 5.31. The maximum atomic E-state index is 5.31. The van der Waals surface area contributed by atoms with Crippen molar-refractivity contribution in [2.75, 3.05) is 20.1 Å². The van der Waals surface area contributed by atoms with Crippen LogP contribution in [0.5, 0.6) is 0 Å². The van der Waals surface area contributed by atoms with E-state index in [1.165, 1.54) is 6.20 Å². The Bertz CT molecular complexity index is 109. The molecule has 0 aliphatic heterocycles. The summed E-state index contributed by atoms with van der Waals surface area (Å²) in [5.74, 6) is 0. The molecule has 0 unspecified atom stereocenters. The third-order valence-electron chi connectivity index (χ3n) is 1.08. The Balaban J connectivity index is 3.32. The summed E-state index contributed by atoms with van der Waals surface area (Å²) >= 11 is 0. The van der Waals surface area contributed by atoms with Crippen LogP contribution in [0.1, 0.15) is 6.42 Å². The molecule has 0 saturated carbocycles. The molecule has 0 heterocycles. The van der Waals surface area contributed by atoms with Crippen LogP contribution in [-0.4, -0.2) is 31.4 Å². The Morgan fingerprint density at radius 2 is 2.40 bits per heavy atom. The van der Waals surface area contributed by atoms with Gasteiger partial charge in [-0.2, -0.15) is 0 Å². The van der Waals surface area contributed by atoms with Gasteiger partial charge >= 0.3 is 0 Å². The molecule has 0 spiro atoms. The first-order valence-corrected chi connectivity index (χ1v) is 3.35. The van der Waals surface area contributed by atoms with Gasteiger partial charge in [0.1, 0.15) is 0 Å². The first-order chi connectivity index (χ1) is 4.81. The van der Waals surface area contributed by atoms with E-state index in [0.717, 1.165) is 19.5 Å². The third-order valence-corrected chi connectivity index (χ3v) is 1.08. The molecular formula is C7H15N3. The summed E-state index contributed by atoms with van der Waals surface area (Å²) in [5, 5.41) is 0. The second-order valence-corrected chi connectivity index (χ2v) is 2.07. The van der Waals surface area contributed by atoms with Gasteiger partial charge in [-0.05, 0) is 13.0 Å². The fraction of sp³-hybridized carbons (Fsp3) is 0.571. The number of aliphatic imine (C=N–C) groups is 1. The largest absolute Gasteiger partial charge is 0.366 e. The van der Waals surface area contributed by atoms with Gasteiger partial charge in [-0.15, -0.1) is 0 Å². The number of rotatable bonds is 5. The molecule has 0 aromatic heterocycles. The minimum absolute atomic E-state index is 0.728. The van der Waals surface area contributed by atoms with E-state index in [2.05, 4.69) is 11.6 Å². The molecule has 0 aliphatic carbocycles. The highest BCUT2D eigenvalue weighted by atomic mass is 15.1. The van der Waals surface area contributed by atoms with Crippen LogP contribution in [0.4, 0.5) is 0 Å². The summed E-state index contributed by atoms with van der Waals surface area (Å²) in [5.41, 5.74) is 5.31. The minimum Gasteiger partial charge on any atom is -0.366 e. The maximum absolute atomic E-state index is 5.31. The van der Waals surface area contributed by atoms with E-state index in [1.54, 1.807) is 6.34 Å². The van der Waals surface area contributed by atoms with Crippen LogP contribution in [0.2, 0.25) is 0 Å². The normalized spacial score (nSPS) is 10.2. The van der Waals surface area contributed by atoms with Crippen LogP contribution in [0, 0.1) is 0 Å². The highest BCUT2D eigenvalue weighted by Gasteiger charge is 1.87. The second kappa shape index (κ2) is 6.29. The van der Waals surface area contributed by atoms with Crippen LogP contribution in [0.3, 0.4) is 0 Å². The van der Waals surface area contributed by atoms with Gasteiger partial charge < -0.3 is 10.6 Å². The summed E-state index contributed by atoms with van der Waals surface area (Å²) < 4.78 is 0. The lowest BCUT2D eigenvalue weighted by atomic mass is 10.4. The van der Waals surface area contributed by atoms with E-state index in [0.29, 0.717) is 0 Å². The predicted octanol–water partition coefficient (Wildman–Crippen LogP) is 0.439. The monoisotopic (exact) mass is 141 g/mol. The molecule has 3 nitrogen and oxygen atoms in total. The first kappa shape index (κ1) is 9.17. The summed E-state index contributed by atoms with van der Waals surface area (Å²) in [6.07, 6.45) is 4.25. The fourth-order valence-electron chi connectivity index (χ4n) is 0.559. The van der Waals surface area contributed by atoms with Crippen LogP contribution < -0.4 is 5.73 Å². The van der Waals surface area contributed by atoms with Crippen molar-refractivity contribution in [3.05, 3.63) is 12.8 Å². The quantitative estimate of drug-likeness (QED) is 0.446. The van der Waals surface area contributed by atoms with Crippen LogP contribution in [0.15, 0.2) is 17.8 Å². The van der Waals surface area contributed by atoms with Crippen molar-refractivity contribution in [1.29, 1.82) is 0 Å². The highest BCUT2D eigenvalue weighted by molar-refractivity contribution is 5.55. The highest BCUT2D eigenvalue weighted by Crippen LogP contribution is 1.80. The van der Waals surface area contributed by atoms with Gasteiger partial charge in [0, 0.05) is 19.8 Å². The van der Waals surface area contributed by atoms with E-state index in [-0.39, 0.29) is 0 Å². The zero-order chi connectivity index (χ0) is 7.82. The molecule has 3 heteroatoms. The molecule has 0 aromatic carbocycles. The van der Waals surface area contributed by atoms with E-state index in [9.17, 15) is 0 Å². The van der Waals surface area contributed by atoms with Crippen LogP contribution in [0.25, 0.3) is 0 Å². The van der Waals surface area contributed by atoms with Crippen molar-refractivity contribution in [3.8, 4) is 0 Å². The standard InChI is InChI=1S/C7H15N3/c1-3-9-7-10(2)6-4-5-8/h3,7H,1,4-6,8H2,2H3. The summed E-state index contributed by atoms with van der Waals surface area (Å²) in [7, 11) is 1.96. The van der Waals surface area contributed by atoms with Gasteiger partial charge in [0.15, 0.2) is 0 Å². The molecule has 2 N–H and O–H groups in total. The van der Waals surface area contributed by atoms with Crippen molar-refractivity contribution in [3.63, 3.8) is 0 Å². The minimum atomic E-state index is 0.728. The average Bonchev–Trinajstić information content (AvgIpc) is 1.97. The van der Waals surface area contributed by atoms with E-state index in [1.807, 2.05) is 11.9 Å². The van der Waals surface area contributed by atoms with E-state index < -0.39 is 0 Å². The molecule has 0 aliphatic rings. The lowest BCUT2D eigenvalue weighted by molar-refractivity contribution is 0.505. The Hall–Kier alpha value is -0.830. The van der Waals surface area contributed by atoms with Gasteiger partial charge in [-0.3, -0.25) is 0 Å². The SMILES string of the molecule is C=CN=CN(C)CCCN. The van der Waals surface area contributed by atoms with Crippen LogP contribution >= 0.6 is 0 Å². The Morgan fingerprint density at radius 1 is 1.70 bits per heavy atom. The Labute approximate surface area is 62.2 Å². The lowest BCUT2D eigenvalue weighted by Crippen LogP contribution is -2.19. The molecule has 58 valence electrons. The first-order valence-electron chi connectivity index (χ1n) is 3.35. The zero-order valence-electron chi connectivity index (χ0n) is 6.45. The molecule has 0 rings (SSSR count). The number of nitrogens with zero attached hydrogens (tertiary/aromatic N) is 2. The second-order valence-electron chi connectivity index (χ2n) is 2.07. The van der Waals surface area contributed by atoms with Gasteiger partial charge in [-0.25, -0.2) is 4.99 Å². The Morgan fingerprint density at radius 3 is 2.90 bits per heavy atom. The molecule has 0 aromatic rings. The number of hydrogen-bond donors (Lipinski definition) is 1. The molecular weight excluding hydrogens is 126 g/mol. The average molecular weight is 141 g/mol. The molecule has 0 radical (unpaired) electrons. The lowest BCUT2D eigenvalue weighted by Gasteiger charge is -2.10. The number of hydrogen-bond acceptors (Lipinski definition) is 2. The molecule has 0 bridgehead atoms. The summed E-state index contributed by atoms with van der Waals surface area (Å²) in [6.45, 7) is 5.14. The molecule has 0 atom stereocenters. The van der Waals surface area contributed by atoms with Crippen LogP contribution in [-0.2, 0) is 0 Å². The van der Waals surface area contributed by atoms with Crippen molar-refractivity contribution < 1.29 is 0 Å². The van der Waals surface area contributed by atoms with Gasteiger partial charge in [0.25, 0.3) is 0 Å². The number of nitrogens with two attached hydrogens (primary N) is 1. The smallest absolute Gasteiger partial charge is 0.0902 e. The van der Waals surface area contributed by atoms with Crippen molar-refractivity contribution in [1.82, 2.24) is 4.90 Å².